The van der Waals surface area contributed by atoms with Crippen molar-refractivity contribution in [3.8, 4) is 0 Å². The second-order valence-corrected chi connectivity index (χ2v) is 5.15. The van der Waals surface area contributed by atoms with Crippen LogP contribution >= 0.6 is 0 Å². The molecule has 15 heavy (non-hydrogen) atoms. The molecule has 3 nitrogen and oxygen atoms in total. The predicted octanol–water partition coefficient (Wildman–Crippen LogP) is 2.02. The fourth-order valence-corrected chi connectivity index (χ4v) is 3.29. The van der Waals surface area contributed by atoms with Crippen LogP contribution in [0.1, 0.15) is 44.9 Å². The van der Waals surface area contributed by atoms with Crippen molar-refractivity contribution in [2.75, 3.05) is 13.1 Å². The number of carbonyl (C=O) groups is 1. The zero-order valence-corrected chi connectivity index (χ0v) is 9.30. The molecule has 1 unspecified atom stereocenters. The molecule has 0 amide bonds. The SMILES string of the molecule is O=C(O)C1CNCC12CCCCCCC2. The van der Waals surface area contributed by atoms with E-state index in [1.807, 2.05) is 0 Å². The van der Waals surface area contributed by atoms with Crippen LogP contribution in [-0.4, -0.2) is 24.2 Å². The molecule has 0 aromatic rings. The predicted molar refractivity (Wildman–Crippen MR) is 58.7 cm³/mol. The Morgan fingerprint density at radius 2 is 1.73 bits per heavy atom. The molecular formula is C12H21NO2. The van der Waals surface area contributed by atoms with Crippen LogP contribution in [-0.2, 0) is 4.79 Å². The van der Waals surface area contributed by atoms with E-state index in [2.05, 4.69) is 5.32 Å². The Balaban J connectivity index is 2.09. The fourth-order valence-electron chi connectivity index (χ4n) is 3.29. The molecule has 3 heteroatoms. The third-order valence-electron chi connectivity index (χ3n) is 4.21. The third kappa shape index (κ3) is 2.17. The van der Waals surface area contributed by atoms with Gasteiger partial charge in [0.15, 0.2) is 0 Å². The lowest BCUT2D eigenvalue weighted by Gasteiger charge is -2.34. The van der Waals surface area contributed by atoms with E-state index in [9.17, 15) is 9.90 Å². The normalized spacial score (nSPS) is 31.1. The summed E-state index contributed by atoms with van der Waals surface area (Å²) in [7, 11) is 0. The molecular weight excluding hydrogens is 190 g/mol. The van der Waals surface area contributed by atoms with Gasteiger partial charge in [0.1, 0.15) is 0 Å². The monoisotopic (exact) mass is 211 g/mol. The Morgan fingerprint density at radius 1 is 1.13 bits per heavy atom. The van der Waals surface area contributed by atoms with Crippen molar-refractivity contribution < 1.29 is 9.90 Å². The summed E-state index contributed by atoms with van der Waals surface area (Å²) in [5.41, 5.74) is 0.0756. The minimum Gasteiger partial charge on any atom is -0.481 e. The van der Waals surface area contributed by atoms with Crippen LogP contribution in [0.2, 0.25) is 0 Å². The number of aliphatic carboxylic acids is 1. The number of carboxylic acids is 1. The summed E-state index contributed by atoms with van der Waals surface area (Å²) in [5, 5.41) is 12.5. The van der Waals surface area contributed by atoms with Gasteiger partial charge in [0, 0.05) is 13.1 Å². The van der Waals surface area contributed by atoms with E-state index in [0.717, 1.165) is 19.4 Å². The summed E-state index contributed by atoms with van der Waals surface area (Å²) in [6, 6.07) is 0. The van der Waals surface area contributed by atoms with Gasteiger partial charge < -0.3 is 10.4 Å². The van der Waals surface area contributed by atoms with Crippen molar-refractivity contribution in [1.82, 2.24) is 5.32 Å². The second-order valence-electron chi connectivity index (χ2n) is 5.15. The maximum Gasteiger partial charge on any atom is 0.308 e. The molecule has 86 valence electrons. The van der Waals surface area contributed by atoms with E-state index in [0.29, 0.717) is 6.54 Å². The summed E-state index contributed by atoms with van der Waals surface area (Å²) >= 11 is 0. The molecule has 0 bridgehead atoms. The summed E-state index contributed by atoms with van der Waals surface area (Å²) in [6.45, 7) is 1.60. The summed E-state index contributed by atoms with van der Waals surface area (Å²) < 4.78 is 0. The van der Waals surface area contributed by atoms with Crippen LogP contribution in [0, 0.1) is 11.3 Å². The van der Waals surface area contributed by atoms with Crippen LogP contribution in [0.4, 0.5) is 0 Å². The first kappa shape index (κ1) is 10.9. The van der Waals surface area contributed by atoms with Gasteiger partial charge in [-0.1, -0.05) is 32.1 Å². The van der Waals surface area contributed by atoms with Crippen molar-refractivity contribution in [2.45, 2.75) is 44.9 Å². The standard InChI is InChI=1S/C12H21NO2/c14-11(15)10-8-13-9-12(10)6-4-2-1-3-5-7-12/h10,13H,1-9H2,(H,14,15). The minimum absolute atomic E-state index is 0.0756. The molecule has 0 aromatic carbocycles. The first-order chi connectivity index (χ1) is 7.25. The average Bonchev–Trinajstić information content (AvgIpc) is 2.56. The van der Waals surface area contributed by atoms with Gasteiger partial charge in [-0.05, 0) is 18.3 Å². The summed E-state index contributed by atoms with van der Waals surface area (Å²) in [4.78, 5) is 11.2. The quantitative estimate of drug-likeness (QED) is 0.697. The van der Waals surface area contributed by atoms with Gasteiger partial charge in [-0.25, -0.2) is 0 Å². The third-order valence-corrected chi connectivity index (χ3v) is 4.21. The highest BCUT2D eigenvalue weighted by Crippen LogP contribution is 2.43. The smallest absolute Gasteiger partial charge is 0.308 e. The van der Waals surface area contributed by atoms with E-state index in [-0.39, 0.29) is 11.3 Å². The fraction of sp³-hybridized carbons (Fsp3) is 0.917. The van der Waals surface area contributed by atoms with Crippen molar-refractivity contribution in [2.24, 2.45) is 11.3 Å². The Kier molecular flexibility index (Phi) is 3.29. The molecule has 1 heterocycles. The molecule has 2 N–H and O–H groups in total. The second kappa shape index (κ2) is 4.52. The number of carboxylic acid groups (broad SMARTS) is 1. The Hall–Kier alpha value is -0.570. The maximum atomic E-state index is 11.2. The molecule has 1 aliphatic carbocycles. The van der Waals surface area contributed by atoms with Crippen LogP contribution in [0.15, 0.2) is 0 Å². The average molecular weight is 211 g/mol. The van der Waals surface area contributed by atoms with E-state index < -0.39 is 5.97 Å². The minimum atomic E-state index is -0.597. The molecule has 1 aliphatic heterocycles. The highest BCUT2D eigenvalue weighted by Gasteiger charge is 2.45. The first-order valence-electron chi connectivity index (χ1n) is 6.18. The number of rotatable bonds is 1. The molecule has 0 aromatic heterocycles. The summed E-state index contributed by atoms with van der Waals surface area (Å²) in [6.07, 6.45) is 8.55. The van der Waals surface area contributed by atoms with Gasteiger partial charge in [-0.15, -0.1) is 0 Å². The molecule has 2 fully saturated rings. The molecule has 1 saturated carbocycles. The van der Waals surface area contributed by atoms with Crippen LogP contribution in [0.5, 0.6) is 0 Å². The number of hydrogen-bond acceptors (Lipinski definition) is 2. The summed E-state index contributed by atoms with van der Waals surface area (Å²) in [5.74, 6) is -0.740. The lowest BCUT2D eigenvalue weighted by Crippen LogP contribution is -2.35. The largest absolute Gasteiger partial charge is 0.481 e. The lowest BCUT2D eigenvalue weighted by atomic mass is 9.69. The van der Waals surface area contributed by atoms with Crippen LogP contribution in [0.25, 0.3) is 0 Å². The first-order valence-corrected chi connectivity index (χ1v) is 6.18. The number of nitrogens with one attached hydrogen (secondary N) is 1. The molecule has 1 atom stereocenters. The van der Waals surface area contributed by atoms with Crippen molar-refractivity contribution in [3.63, 3.8) is 0 Å². The van der Waals surface area contributed by atoms with E-state index in [1.54, 1.807) is 0 Å². The van der Waals surface area contributed by atoms with Gasteiger partial charge in [0.25, 0.3) is 0 Å². The van der Waals surface area contributed by atoms with Gasteiger partial charge in [-0.2, -0.15) is 0 Å². The Morgan fingerprint density at radius 3 is 2.33 bits per heavy atom. The van der Waals surface area contributed by atoms with Crippen molar-refractivity contribution >= 4 is 5.97 Å². The zero-order valence-electron chi connectivity index (χ0n) is 9.30. The van der Waals surface area contributed by atoms with E-state index in [1.165, 1.54) is 32.1 Å². The molecule has 0 radical (unpaired) electrons. The van der Waals surface area contributed by atoms with Gasteiger partial charge in [0.05, 0.1) is 5.92 Å². The van der Waals surface area contributed by atoms with Crippen LogP contribution in [0.3, 0.4) is 0 Å². The molecule has 1 spiro atoms. The van der Waals surface area contributed by atoms with Gasteiger partial charge in [-0.3, -0.25) is 4.79 Å². The van der Waals surface area contributed by atoms with Crippen molar-refractivity contribution in [1.29, 1.82) is 0 Å². The number of hydrogen-bond donors (Lipinski definition) is 2. The molecule has 2 rings (SSSR count). The topological polar surface area (TPSA) is 49.3 Å². The Labute approximate surface area is 91.2 Å². The highest BCUT2D eigenvalue weighted by atomic mass is 16.4. The van der Waals surface area contributed by atoms with Gasteiger partial charge >= 0.3 is 5.97 Å². The molecule has 1 saturated heterocycles. The van der Waals surface area contributed by atoms with Crippen LogP contribution < -0.4 is 5.32 Å². The Bertz CT molecular complexity index is 232. The zero-order chi connectivity index (χ0) is 10.7. The molecule has 2 aliphatic rings. The lowest BCUT2D eigenvalue weighted by molar-refractivity contribution is -0.145. The van der Waals surface area contributed by atoms with E-state index >= 15 is 0 Å². The van der Waals surface area contributed by atoms with Gasteiger partial charge in [0.2, 0.25) is 0 Å². The highest BCUT2D eigenvalue weighted by molar-refractivity contribution is 5.72. The van der Waals surface area contributed by atoms with Crippen molar-refractivity contribution in [3.05, 3.63) is 0 Å². The maximum absolute atomic E-state index is 11.2. The van der Waals surface area contributed by atoms with E-state index in [4.69, 9.17) is 0 Å².